The Labute approximate surface area is 143 Å². The van der Waals surface area contributed by atoms with Crippen LogP contribution in [0.2, 0.25) is 5.02 Å². The molecular weight excluding hydrogens is 421 g/mol. The summed E-state index contributed by atoms with van der Waals surface area (Å²) in [5.41, 5.74) is 7.62. The number of anilines is 2. The molecule has 0 spiro atoms. The number of hydrogen-bond acceptors (Lipinski definition) is 4. The van der Waals surface area contributed by atoms with E-state index in [-0.39, 0.29) is 5.91 Å². The van der Waals surface area contributed by atoms with Gasteiger partial charge >= 0.3 is 0 Å². The van der Waals surface area contributed by atoms with Crippen molar-refractivity contribution in [3.8, 4) is 0 Å². The number of fused-ring (bicyclic) bond motifs is 1. The van der Waals surface area contributed by atoms with Crippen LogP contribution in [0.4, 0.5) is 11.4 Å². The van der Waals surface area contributed by atoms with E-state index in [1.807, 2.05) is 18.2 Å². The number of carbonyl (C=O) groups excluding carboxylic acids is 1. The van der Waals surface area contributed by atoms with Gasteiger partial charge in [0.2, 0.25) is 0 Å². The van der Waals surface area contributed by atoms with E-state index in [0.29, 0.717) is 26.8 Å². The summed E-state index contributed by atoms with van der Waals surface area (Å²) in [6.07, 6.45) is 1.66. The highest BCUT2D eigenvalue weighted by molar-refractivity contribution is 14.1. The van der Waals surface area contributed by atoms with Crippen molar-refractivity contribution in [1.29, 1.82) is 0 Å². The molecule has 2 heterocycles. The molecule has 4 nitrogen and oxygen atoms in total. The molecule has 0 saturated heterocycles. The van der Waals surface area contributed by atoms with Crippen molar-refractivity contribution in [2.75, 3.05) is 11.1 Å². The first-order chi connectivity index (χ1) is 10.1. The van der Waals surface area contributed by atoms with E-state index < -0.39 is 0 Å². The van der Waals surface area contributed by atoms with Crippen molar-refractivity contribution in [3.63, 3.8) is 0 Å². The highest BCUT2D eigenvalue weighted by Crippen LogP contribution is 2.33. The zero-order valence-electron chi connectivity index (χ0n) is 10.6. The molecule has 21 heavy (non-hydrogen) atoms. The number of carbonyl (C=O) groups is 1. The van der Waals surface area contributed by atoms with Gasteiger partial charge in [0, 0.05) is 9.77 Å². The first-order valence-corrected chi connectivity index (χ1v) is 8.23. The molecule has 2 aromatic heterocycles. The molecule has 0 aliphatic carbocycles. The van der Waals surface area contributed by atoms with E-state index in [1.54, 1.807) is 18.3 Å². The molecule has 3 N–H and O–H groups in total. The smallest absolute Gasteiger partial charge is 0.267 e. The Bertz CT molecular complexity index is 849. The number of rotatable bonds is 2. The fourth-order valence-corrected chi connectivity index (χ4v) is 3.77. The van der Waals surface area contributed by atoms with Gasteiger partial charge in [-0.05, 0) is 52.9 Å². The maximum Gasteiger partial charge on any atom is 0.267 e. The van der Waals surface area contributed by atoms with Gasteiger partial charge in [0.25, 0.3) is 5.91 Å². The summed E-state index contributed by atoms with van der Waals surface area (Å²) in [5.74, 6) is -0.279. The molecule has 0 bridgehead atoms. The molecule has 1 aromatic carbocycles. The quantitative estimate of drug-likeness (QED) is 0.594. The minimum absolute atomic E-state index is 0.279. The summed E-state index contributed by atoms with van der Waals surface area (Å²) in [5, 5.41) is 3.28. The minimum atomic E-state index is -0.279. The average molecular weight is 430 g/mol. The van der Waals surface area contributed by atoms with Crippen LogP contribution in [0.3, 0.4) is 0 Å². The molecule has 0 aliphatic rings. The van der Waals surface area contributed by atoms with E-state index in [9.17, 15) is 4.79 Å². The monoisotopic (exact) mass is 429 g/mol. The van der Waals surface area contributed by atoms with Crippen LogP contribution < -0.4 is 11.1 Å². The number of nitrogens with zero attached hydrogens (tertiary/aromatic N) is 1. The number of pyridine rings is 1. The van der Waals surface area contributed by atoms with E-state index in [0.717, 1.165) is 8.27 Å². The lowest BCUT2D eigenvalue weighted by Crippen LogP contribution is -2.12. The predicted octanol–water partition coefficient (Wildman–Crippen LogP) is 4.39. The summed E-state index contributed by atoms with van der Waals surface area (Å²) in [4.78, 5) is 17.0. The fourth-order valence-electron chi connectivity index (χ4n) is 1.89. The van der Waals surface area contributed by atoms with Crippen molar-refractivity contribution in [2.45, 2.75) is 0 Å². The van der Waals surface area contributed by atoms with Gasteiger partial charge in [0.05, 0.1) is 21.1 Å². The summed E-state index contributed by atoms with van der Waals surface area (Å²) < 4.78 is 1.88. The molecule has 7 heteroatoms. The third kappa shape index (κ3) is 2.83. The van der Waals surface area contributed by atoms with Crippen LogP contribution >= 0.6 is 45.5 Å². The Hall–Kier alpha value is -1.38. The number of amides is 1. The van der Waals surface area contributed by atoms with Gasteiger partial charge in [-0.3, -0.25) is 9.78 Å². The Balaban J connectivity index is 1.95. The zero-order chi connectivity index (χ0) is 15.0. The van der Waals surface area contributed by atoms with Gasteiger partial charge in [-0.1, -0.05) is 11.6 Å². The third-order valence-electron chi connectivity index (χ3n) is 2.87. The largest absolute Gasteiger partial charge is 0.396 e. The van der Waals surface area contributed by atoms with Crippen molar-refractivity contribution in [1.82, 2.24) is 4.98 Å². The van der Waals surface area contributed by atoms with Crippen LogP contribution in [-0.4, -0.2) is 10.9 Å². The fraction of sp³-hybridized carbons (Fsp3) is 0. The SMILES string of the molecule is Nc1c(C(=O)Nc2ccc(I)cc2Cl)sc2cccnc12. The van der Waals surface area contributed by atoms with Crippen molar-refractivity contribution in [3.05, 3.63) is 50.0 Å². The standard InChI is InChI=1S/C14H9ClIN3OS/c15-8-6-7(16)3-4-9(8)19-14(20)13-11(17)12-10(21-13)2-1-5-18-12/h1-6H,17H2,(H,19,20). The Kier molecular flexibility index (Phi) is 4.01. The van der Waals surface area contributed by atoms with Crippen molar-refractivity contribution in [2.24, 2.45) is 0 Å². The van der Waals surface area contributed by atoms with E-state index in [2.05, 4.69) is 32.9 Å². The second-order valence-corrected chi connectivity index (χ2v) is 6.98. The van der Waals surface area contributed by atoms with Crippen molar-refractivity contribution >= 4 is 73.0 Å². The average Bonchev–Trinajstić information content (AvgIpc) is 2.80. The predicted molar refractivity (Wildman–Crippen MR) is 96.2 cm³/mol. The maximum atomic E-state index is 12.4. The van der Waals surface area contributed by atoms with E-state index >= 15 is 0 Å². The molecule has 1 amide bonds. The summed E-state index contributed by atoms with van der Waals surface area (Å²) in [6.45, 7) is 0. The number of benzene rings is 1. The lowest BCUT2D eigenvalue weighted by molar-refractivity contribution is 0.103. The van der Waals surface area contributed by atoms with Crippen LogP contribution in [0.25, 0.3) is 10.2 Å². The molecule has 0 radical (unpaired) electrons. The molecule has 3 aromatic rings. The third-order valence-corrected chi connectivity index (χ3v) is 5.01. The van der Waals surface area contributed by atoms with E-state index in [4.69, 9.17) is 17.3 Å². The maximum absolute atomic E-state index is 12.4. The summed E-state index contributed by atoms with van der Waals surface area (Å²) >= 11 is 9.59. The first kappa shape index (κ1) is 14.6. The molecule has 0 aliphatic heterocycles. The van der Waals surface area contributed by atoms with E-state index in [1.165, 1.54) is 11.3 Å². The van der Waals surface area contributed by atoms with Crippen molar-refractivity contribution < 1.29 is 4.79 Å². The Morgan fingerprint density at radius 1 is 1.38 bits per heavy atom. The number of nitrogens with two attached hydrogens (primary N) is 1. The number of aromatic nitrogens is 1. The molecule has 0 saturated carbocycles. The minimum Gasteiger partial charge on any atom is -0.396 e. The number of hydrogen-bond donors (Lipinski definition) is 2. The Morgan fingerprint density at radius 3 is 2.90 bits per heavy atom. The number of nitrogen functional groups attached to an aromatic ring is 1. The van der Waals surface area contributed by atoms with Gasteiger partial charge in [0.1, 0.15) is 10.4 Å². The number of halogens is 2. The Morgan fingerprint density at radius 2 is 2.19 bits per heavy atom. The highest BCUT2D eigenvalue weighted by atomic mass is 127. The normalized spacial score (nSPS) is 10.8. The van der Waals surface area contributed by atoms with Crippen LogP contribution in [0.1, 0.15) is 9.67 Å². The zero-order valence-corrected chi connectivity index (χ0v) is 14.3. The number of nitrogens with one attached hydrogen (secondary N) is 1. The van der Waals surface area contributed by atoms with Crippen LogP contribution in [0.15, 0.2) is 36.5 Å². The second-order valence-electron chi connectivity index (χ2n) is 4.27. The number of thiophene rings is 1. The topological polar surface area (TPSA) is 68.0 Å². The molecule has 106 valence electrons. The van der Waals surface area contributed by atoms with Gasteiger partial charge < -0.3 is 11.1 Å². The summed E-state index contributed by atoms with van der Waals surface area (Å²) in [7, 11) is 0. The lowest BCUT2D eigenvalue weighted by atomic mass is 10.3. The first-order valence-electron chi connectivity index (χ1n) is 5.95. The van der Waals surface area contributed by atoms with Crippen LogP contribution in [-0.2, 0) is 0 Å². The molecular formula is C14H9ClIN3OS. The van der Waals surface area contributed by atoms with Gasteiger partial charge in [0.15, 0.2) is 0 Å². The van der Waals surface area contributed by atoms with Gasteiger partial charge in [-0.15, -0.1) is 11.3 Å². The highest BCUT2D eigenvalue weighted by Gasteiger charge is 2.18. The lowest BCUT2D eigenvalue weighted by Gasteiger charge is -2.06. The van der Waals surface area contributed by atoms with Crippen LogP contribution in [0, 0.1) is 3.57 Å². The van der Waals surface area contributed by atoms with Gasteiger partial charge in [-0.2, -0.15) is 0 Å². The molecule has 0 atom stereocenters. The molecule has 3 rings (SSSR count). The van der Waals surface area contributed by atoms with Gasteiger partial charge in [-0.25, -0.2) is 0 Å². The second kappa shape index (κ2) is 5.78. The van der Waals surface area contributed by atoms with Crippen LogP contribution in [0.5, 0.6) is 0 Å². The molecule has 0 unspecified atom stereocenters. The molecule has 0 fully saturated rings. The summed E-state index contributed by atoms with van der Waals surface area (Å²) in [6, 6.07) is 9.13.